The van der Waals surface area contributed by atoms with Crippen molar-refractivity contribution in [1.29, 1.82) is 0 Å². The highest BCUT2D eigenvalue weighted by Gasteiger charge is 2.38. The number of sulfone groups is 2. The van der Waals surface area contributed by atoms with E-state index in [1.807, 2.05) is 36.4 Å². The number of hydrogen-bond donors (Lipinski definition) is 0. The molecule has 0 aliphatic carbocycles. The van der Waals surface area contributed by atoms with E-state index >= 15 is 0 Å². The highest BCUT2D eigenvalue weighted by atomic mass is 80.0. The molecule has 0 radical (unpaired) electrons. The Morgan fingerprint density at radius 2 is 1.29 bits per heavy atom. The first-order valence-electron chi connectivity index (χ1n) is 6.18. The summed E-state index contributed by atoms with van der Waals surface area (Å²) in [6.45, 7) is 0. The van der Waals surface area contributed by atoms with Crippen LogP contribution in [0.2, 0.25) is 5.02 Å². The molecule has 0 aliphatic rings. The van der Waals surface area contributed by atoms with Gasteiger partial charge in [0, 0.05) is 6.26 Å². The average Bonchev–Trinajstić information content (AvgIpc) is 2.47. The maximum absolute atomic E-state index is 12.1. The maximum atomic E-state index is 12.1. The third kappa shape index (κ3) is 6.10. The van der Waals surface area contributed by atoms with E-state index in [1.54, 1.807) is 0 Å². The zero-order chi connectivity index (χ0) is 18.6. The zero-order valence-electron chi connectivity index (χ0n) is 12.2. The molecule has 0 aromatic heterocycles. The highest BCUT2D eigenvalue weighted by Crippen LogP contribution is 2.45. The van der Waals surface area contributed by atoms with Crippen molar-refractivity contribution in [2.24, 2.45) is 0 Å². The van der Waals surface area contributed by atoms with Gasteiger partial charge in [-0.3, -0.25) is 0 Å². The van der Waals surface area contributed by atoms with Crippen molar-refractivity contribution < 1.29 is 16.8 Å². The number of alkyl halides is 3. The summed E-state index contributed by atoms with van der Waals surface area (Å²) in [5, 5.41) is -0.166. The lowest BCUT2D eigenvalue weighted by atomic mass is 10.4. The summed E-state index contributed by atoms with van der Waals surface area (Å²) in [6.07, 6.45) is 1.01. The molecule has 2 aromatic rings. The van der Waals surface area contributed by atoms with Crippen LogP contribution in [0.3, 0.4) is 0 Å². The minimum atomic E-state index is -3.85. The Bertz CT molecular complexity index is 867. The van der Waals surface area contributed by atoms with Gasteiger partial charge in [0.05, 0.1) is 14.8 Å². The molecule has 0 spiro atoms. The van der Waals surface area contributed by atoms with Crippen molar-refractivity contribution in [2.75, 3.05) is 6.26 Å². The van der Waals surface area contributed by atoms with Crippen LogP contribution in [0.1, 0.15) is 0 Å². The van der Waals surface area contributed by atoms with Gasteiger partial charge >= 0.3 is 0 Å². The molecule has 4 nitrogen and oxygen atoms in total. The van der Waals surface area contributed by atoms with Crippen LogP contribution in [-0.4, -0.2) is 24.6 Å². The number of benzene rings is 2. The first-order chi connectivity index (χ1) is 10.9. The highest BCUT2D eigenvalue weighted by molar-refractivity contribution is 9.42. The Kier molecular flexibility index (Phi) is 7.96. The average molecular weight is 584 g/mol. The molecule has 0 atom stereocenters. The van der Waals surface area contributed by atoms with Crippen LogP contribution in [0, 0.1) is 0 Å². The summed E-state index contributed by atoms with van der Waals surface area (Å²) in [6, 6.07) is 15.4. The van der Waals surface area contributed by atoms with E-state index in [2.05, 4.69) is 47.8 Å². The first-order valence-corrected chi connectivity index (χ1v) is 12.3. The molecule has 24 heavy (non-hydrogen) atoms. The smallest absolute Gasteiger partial charge is 0.224 e. The fourth-order valence-corrected chi connectivity index (χ4v) is 5.02. The summed E-state index contributed by atoms with van der Waals surface area (Å²) < 4.78 is 45.2. The Labute approximate surface area is 171 Å². The van der Waals surface area contributed by atoms with Gasteiger partial charge in [0.2, 0.25) is 11.3 Å². The van der Waals surface area contributed by atoms with Gasteiger partial charge in [-0.1, -0.05) is 48.0 Å². The van der Waals surface area contributed by atoms with Gasteiger partial charge < -0.3 is 0 Å². The SMILES string of the molecule is CS(=O)(=O)c1ccc(S(=O)(=O)C(Br)(Br)Br)c(Cl)c1.c1ccccc1. The monoisotopic (exact) mass is 580 g/mol. The molecule has 0 bridgehead atoms. The lowest BCUT2D eigenvalue weighted by molar-refractivity contribution is 0.596. The molecule has 132 valence electrons. The van der Waals surface area contributed by atoms with Crippen molar-refractivity contribution in [1.82, 2.24) is 0 Å². The molecule has 0 amide bonds. The Balaban J connectivity index is 0.000000400. The van der Waals surface area contributed by atoms with E-state index in [1.165, 1.54) is 6.07 Å². The van der Waals surface area contributed by atoms with Crippen LogP contribution >= 0.6 is 59.4 Å². The molecule has 2 aromatic carbocycles. The van der Waals surface area contributed by atoms with Gasteiger partial charge in [-0.25, -0.2) is 16.8 Å². The van der Waals surface area contributed by atoms with Crippen LogP contribution in [0.15, 0.2) is 64.4 Å². The minimum Gasteiger partial charge on any atom is -0.224 e. The molecule has 0 saturated heterocycles. The molecule has 10 heteroatoms. The summed E-state index contributed by atoms with van der Waals surface area (Å²) in [7, 11) is -7.28. The third-order valence-electron chi connectivity index (χ3n) is 2.59. The maximum Gasteiger partial charge on any atom is 0.239 e. The Morgan fingerprint density at radius 1 is 0.875 bits per heavy atom. The molecule has 0 aliphatic heterocycles. The van der Waals surface area contributed by atoms with E-state index in [-0.39, 0.29) is 14.8 Å². The van der Waals surface area contributed by atoms with Gasteiger partial charge in [-0.2, -0.15) is 0 Å². The molecule has 0 N–H and O–H groups in total. The molecule has 0 heterocycles. The normalized spacial score (nSPS) is 12.2. The van der Waals surface area contributed by atoms with Gasteiger partial charge in [0.1, 0.15) is 0 Å². The molecule has 0 unspecified atom stereocenters. The van der Waals surface area contributed by atoms with E-state index in [4.69, 9.17) is 11.6 Å². The van der Waals surface area contributed by atoms with E-state index < -0.39 is 21.1 Å². The van der Waals surface area contributed by atoms with Crippen LogP contribution < -0.4 is 0 Å². The summed E-state index contributed by atoms with van der Waals surface area (Å²) in [5.74, 6) is 0. The molecule has 0 saturated carbocycles. The Hall–Kier alpha value is 0.0700. The predicted octanol–water partition coefficient (Wildman–Crippen LogP) is 5.00. The van der Waals surface area contributed by atoms with Crippen molar-refractivity contribution in [3.8, 4) is 0 Å². The second-order valence-electron chi connectivity index (χ2n) is 4.47. The number of halogens is 4. The molecular weight excluding hydrogens is 571 g/mol. The largest absolute Gasteiger partial charge is 0.239 e. The van der Waals surface area contributed by atoms with Gasteiger partial charge in [-0.05, 0) is 66.0 Å². The summed E-state index contributed by atoms with van der Waals surface area (Å²) >= 11 is 14.5. The summed E-state index contributed by atoms with van der Waals surface area (Å²) in [4.78, 5) is -0.238. The van der Waals surface area contributed by atoms with Crippen molar-refractivity contribution in [2.45, 2.75) is 11.3 Å². The lowest BCUT2D eigenvalue weighted by Crippen LogP contribution is -2.18. The van der Waals surface area contributed by atoms with Crippen LogP contribution in [-0.2, 0) is 19.7 Å². The fraction of sp³-hybridized carbons (Fsp3) is 0.143. The summed E-state index contributed by atoms with van der Waals surface area (Å²) in [5.41, 5.74) is 0. The van der Waals surface area contributed by atoms with Crippen molar-refractivity contribution >= 4 is 79.1 Å². The van der Waals surface area contributed by atoms with E-state index in [9.17, 15) is 16.8 Å². The quantitative estimate of drug-likeness (QED) is 0.467. The van der Waals surface area contributed by atoms with E-state index in [0.717, 1.165) is 18.4 Å². The second-order valence-corrected chi connectivity index (χ2v) is 17.3. The first kappa shape index (κ1) is 22.1. The number of rotatable bonds is 2. The third-order valence-corrected chi connectivity index (χ3v) is 9.51. The lowest BCUT2D eigenvalue weighted by Gasteiger charge is -2.15. The zero-order valence-corrected chi connectivity index (χ0v) is 19.3. The fourth-order valence-electron chi connectivity index (χ4n) is 1.44. The van der Waals surface area contributed by atoms with Gasteiger partial charge in [0.15, 0.2) is 9.84 Å². The van der Waals surface area contributed by atoms with Gasteiger partial charge in [0.25, 0.3) is 0 Å². The van der Waals surface area contributed by atoms with E-state index in [0.29, 0.717) is 0 Å². The van der Waals surface area contributed by atoms with Crippen LogP contribution in [0.5, 0.6) is 0 Å². The second kappa shape index (κ2) is 8.64. The topological polar surface area (TPSA) is 68.3 Å². The Morgan fingerprint density at radius 3 is 1.58 bits per heavy atom. The molecular formula is C14H12Br3ClO4S2. The predicted molar refractivity (Wildman–Crippen MR) is 108 cm³/mol. The van der Waals surface area contributed by atoms with Crippen LogP contribution in [0.25, 0.3) is 0 Å². The number of hydrogen-bond acceptors (Lipinski definition) is 4. The van der Waals surface area contributed by atoms with Crippen molar-refractivity contribution in [3.05, 3.63) is 59.6 Å². The molecule has 0 fully saturated rings. The molecule has 2 rings (SSSR count). The van der Waals surface area contributed by atoms with Crippen LogP contribution in [0.4, 0.5) is 0 Å². The van der Waals surface area contributed by atoms with Crippen molar-refractivity contribution in [3.63, 3.8) is 0 Å². The standard InChI is InChI=1S/C8H6Br3ClO4S2.C6H6/c1-17(13,14)5-2-3-7(6(12)4-5)18(15,16)8(9,10)11;1-2-4-6-5-3-1/h2-4H,1H3;1-6H. The van der Waals surface area contributed by atoms with Gasteiger partial charge in [-0.15, -0.1) is 0 Å². The minimum absolute atomic E-state index is 0.0456.